The number of carboxylic acids is 1. The molecule has 1 saturated carbocycles. The van der Waals surface area contributed by atoms with E-state index in [1.807, 2.05) is 0 Å². The van der Waals surface area contributed by atoms with Gasteiger partial charge in [0, 0.05) is 5.92 Å². The highest BCUT2D eigenvalue weighted by molar-refractivity contribution is 7.13. The molecule has 20 heavy (non-hydrogen) atoms. The van der Waals surface area contributed by atoms with Gasteiger partial charge in [-0.3, -0.25) is 4.90 Å². The van der Waals surface area contributed by atoms with E-state index in [-0.39, 0.29) is 0 Å². The van der Waals surface area contributed by atoms with Crippen LogP contribution in [0.3, 0.4) is 0 Å². The number of carboxylic acid groups (broad SMARTS) is 1. The highest BCUT2D eigenvalue weighted by atomic mass is 32.1. The van der Waals surface area contributed by atoms with Gasteiger partial charge in [-0.25, -0.2) is 9.78 Å². The molecule has 0 atom stereocenters. The minimum atomic E-state index is -0.812. The molecule has 2 rings (SSSR count). The van der Waals surface area contributed by atoms with Gasteiger partial charge in [-0.15, -0.1) is 11.3 Å². The summed E-state index contributed by atoms with van der Waals surface area (Å²) in [6.07, 6.45) is 5.63. The standard InChI is InChI=1S/C15H24N2O2S/c1-3-8-17(9-4-2)10-12-16-13(11-6-5-7-11)14(20-12)15(18)19/h11H,3-10H2,1-2H3,(H,18,19). The van der Waals surface area contributed by atoms with Crippen molar-refractivity contribution in [1.82, 2.24) is 9.88 Å². The number of hydrogen-bond acceptors (Lipinski definition) is 4. The van der Waals surface area contributed by atoms with Crippen molar-refractivity contribution in [3.63, 3.8) is 0 Å². The van der Waals surface area contributed by atoms with Crippen molar-refractivity contribution in [1.29, 1.82) is 0 Å². The summed E-state index contributed by atoms with van der Waals surface area (Å²) in [5, 5.41) is 10.3. The predicted molar refractivity (Wildman–Crippen MR) is 81.5 cm³/mol. The van der Waals surface area contributed by atoms with E-state index in [0.29, 0.717) is 10.8 Å². The quantitative estimate of drug-likeness (QED) is 0.794. The molecule has 0 amide bonds. The fraction of sp³-hybridized carbons (Fsp3) is 0.733. The van der Waals surface area contributed by atoms with Crippen LogP contribution < -0.4 is 0 Å². The SMILES string of the molecule is CCCN(CCC)Cc1nc(C2CCC2)c(C(=O)O)s1. The molecule has 0 aromatic carbocycles. The van der Waals surface area contributed by atoms with Crippen LogP contribution >= 0.6 is 11.3 Å². The molecule has 0 bridgehead atoms. The first kappa shape index (κ1) is 15.4. The van der Waals surface area contributed by atoms with Gasteiger partial charge in [0.2, 0.25) is 0 Å². The molecule has 1 heterocycles. The summed E-state index contributed by atoms with van der Waals surface area (Å²) in [7, 11) is 0. The Kier molecular flexibility index (Phi) is 5.54. The van der Waals surface area contributed by atoms with E-state index in [9.17, 15) is 9.90 Å². The number of aromatic nitrogens is 1. The summed E-state index contributed by atoms with van der Waals surface area (Å²) in [4.78, 5) is 18.9. The van der Waals surface area contributed by atoms with Gasteiger partial charge >= 0.3 is 5.97 Å². The molecule has 0 spiro atoms. The summed E-state index contributed by atoms with van der Waals surface area (Å²) in [6.45, 7) is 7.24. The molecular weight excluding hydrogens is 272 g/mol. The Morgan fingerprint density at radius 1 is 1.35 bits per heavy atom. The molecule has 1 aliphatic rings. The number of carbonyl (C=O) groups is 1. The van der Waals surface area contributed by atoms with E-state index in [4.69, 9.17) is 0 Å². The van der Waals surface area contributed by atoms with E-state index in [0.717, 1.165) is 56.0 Å². The summed E-state index contributed by atoms with van der Waals surface area (Å²) in [5.74, 6) is -0.426. The first-order valence-electron chi connectivity index (χ1n) is 7.60. The molecule has 5 heteroatoms. The van der Waals surface area contributed by atoms with E-state index in [1.165, 1.54) is 17.8 Å². The molecule has 0 aliphatic heterocycles. The molecule has 1 aromatic rings. The van der Waals surface area contributed by atoms with Gasteiger partial charge in [0.1, 0.15) is 9.88 Å². The molecule has 1 aromatic heterocycles. The number of nitrogens with zero attached hydrogens (tertiary/aromatic N) is 2. The molecule has 112 valence electrons. The Bertz CT molecular complexity index is 449. The maximum absolute atomic E-state index is 11.4. The van der Waals surface area contributed by atoms with Gasteiger partial charge in [-0.1, -0.05) is 20.3 Å². The Hall–Kier alpha value is -0.940. The zero-order valence-electron chi connectivity index (χ0n) is 12.4. The first-order valence-corrected chi connectivity index (χ1v) is 8.42. The van der Waals surface area contributed by atoms with Gasteiger partial charge in [0.25, 0.3) is 0 Å². The van der Waals surface area contributed by atoms with Gasteiger partial charge in [0.15, 0.2) is 0 Å². The second-order valence-electron chi connectivity index (χ2n) is 5.53. The van der Waals surface area contributed by atoms with Crippen molar-refractivity contribution < 1.29 is 9.90 Å². The van der Waals surface area contributed by atoms with Crippen LogP contribution in [0, 0.1) is 0 Å². The van der Waals surface area contributed by atoms with Crippen molar-refractivity contribution in [2.45, 2.75) is 58.4 Å². The smallest absolute Gasteiger partial charge is 0.347 e. The minimum Gasteiger partial charge on any atom is -0.477 e. The van der Waals surface area contributed by atoms with Crippen LogP contribution in [0.1, 0.15) is 72.2 Å². The van der Waals surface area contributed by atoms with E-state index in [1.54, 1.807) is 0 Å². The van der Waals surface area contributed by atoms with Crippen LogP contribution in [-0.4, -0.2) is 34.0 Å². The Labute approximate surface area is 124 Å². The van der Waals surface area contributed by atoms with Crippen LogP contribution in [-0.2, 0) is 6.54 Å². The largest absolute Gasteiger partial charge is 0.477 e. The van der Waals surface area contributed by atoms with Crippen LogP contribution in [0.25, 0.3) is 0 Å². The molecule has 1 aliphatic carbocycles. The van der Waals surface area contributed by atoms with Crippen LogP contribution in [0.15, 0.2) is 0 Å². The third-order valence-electron chi connectivity index (χ3n) is 3.82. The molecular formula is C15H24N2O2S. The molecule has 0 unspecified atom stereocenters. The van der Waals surface area contributed by atoms with E-state index >= 15 is 0 Å². The summed E-state index contributed by atoms with van der Waals surface area (Å²) >= 11 is 1.37. The Morgan fingerprint density at radius 3 is 2.45 bits per heavy atom. The van der Waals surface area contributed by atoms with Crippen LogP contribution in [0.5, 0.6) is 0 Å². The molecule has 0 radical (unpaired) electrons. The average molecular weight is 296 g/mol. The summed E-state index contributed by atoms with van der Waals surface area (Å²) < 4.78 is 0. The molecule has 0 saturated heterocycles. The van der Waals surface area contributed by atoms with E-state index < -0.39 is 5.97 Å². The first-order chi connectivity index (χ1) is 9.65. The van der Waals surface area contributed by atoms with Crippen molar-refractivity contribution in [2.24, 2.45) is 0 Å². The third kappa shape index (κ3) is 3.58. The van der Waals surface area contributed by atoms with Crippen molar-refractivity contribution in [3.05, 3.63) is 15.6 Å². The van der Waals surface area contributed by atoms with Gasteiger partial charge in [-0.05, 0) is 38.8 Å². The lowest BCUT2D eigenvalue weighted by molar-refractivity contribution is 0.0699. The number of hydrogen-bond donors (Lipinski definition) is 1. The van der Waals surface area contributed by atoms with E-state index in [2.05, 4.69) is 23.7 Å². The highest BCUT2D eigenvalue weighted by Gasteiger charge is 2.28. The van der Waals surface area contributed by atoms with Gasteiger partial charge < -0.3 is 5.11 Å². The van der Waals surface area contributed by atoms with Crippen LogP contribution in [0.2, 0.25) is 0 Å². The number of rotatable bonds is 8. The summed E-state index contributed by atoms with van der Waals surface area (Å²) in [5.41, 5.74) is 0.844. The molecule has 4 nitrogen and oxygen atoms in total. The van der Waals surface area contributed by atoms with Crippen LogP contribution in [0.4, 0.5) is 0 Å². The maximum Gasteiger partial charge on any atom is 0.347 e. The van der Waals surface area contributed by atoms with Gasteiger partial charge in [-0.2, -0.15) is 0 Å². The van der Waals surface area contributed by atoms with Gasteiger partial charge in [0.05, 0.1) is 12.2 Å². The normalized spacial score (nSPS) is 15.6. The monoisotopic (exact) mass is 296 g/mol. The lowest BCUT2D eigenvalue weighted by Gasteiger charge is -2.24. The minimum absolute atomic E-state index is 0.386. The molecule has 1 fully saturated rings. The fourth-order valence-electron chi connectivity index (χ4n) is 2.65. The second-order valence-corrected chi connectivity index (χ2v) is 6.61. The number of thiazole rings is 1. The predicted octanol–water partition coefficient (Wildman–Crippen LogP) is 3.73. The third-order valence-corrected chi connectivity index (χ3v) is 4.87. The Morgan fingerprint density at radius 2 is 2.00 bits per heavy atom. The lowest BCUT2D eigenvalue weighted by atomic mass is 9.82. The zero-order chi connectivity index (χ0) is 14.5. The average Bonchev–Trinajstić information content (AvgIpc) is 2.71. The zero-order valence-corrected chi connectivity index (χ0v) is 13.2. The molecule has 1 N–H and O–H groups in total. The maximum atomic E-state index is 11.4. The van der Waals surface area contributed by atoms with Crippen molar-refractivity contribution in [3.8, 4) is 0 Å². The highest BCUT2D eigenvalue weighted by Crippen LogP contribution is 2.39. The second kappa shape index (κ2) is 7.18. The van der Waals surface area contributed by atoms with Crippen molar-refractivity contribution in [2.75, 3.05) is 13.1 Å². The number of aromatic carboxylic acids is 1. The summed E-state index contributed by atoms with van der Waals surface area (Å²) in [6, 6.07) is 0. The lowest BCUT2D eigenvalue weighted by Crippen LogP contribution is -2.24. The van der Waals surface area contributed by atoms with Crippen molar-refractivity contribution >= 4 is 17.3 Å². The topological polar surface area (TPSA) is 53.4 Å². The fourth-order valence-corrected chi connectivity index (χ4v) is 3.68. The Balaban J connectivity index is 2.12.